The summed E-state index contributed by atoms with van der Waals surface area (Å²) in [6.45, 7) is 2.90. The van der Waals surface area contributed by atoms with Crippen molar-refractivity contribution in [1.82, 2.24) is 4.98 Å². The maximum Gasteiger partial charge on any atom is 0.145 e. The molecule has 106 valence electrons. The van der Waals surface area contributed by atoms with Gasteiger partial charge in [-0.3, -0.25) is 0 Å². The van der Waals surface area contributed by atoms with Crippen LogP contribution in [0.4, 0.5) is 5.82 Å². The van der Waals surface area contributed by atoms with E-state index in [1.807, 2.05) is 24.3 Å². The van der Waals surface area contributed by atoms with E-state index in [1.165, 1.54) is 0 Å². The third kappa shape index (κ3) is 3.35. The number of methoxy groups -OCH3 is 1. The number of ether oxygens (including phenoxy) is 1. The SMILES string of the molecule is CCCNc1nc(-c2ccc(OC)cc2)c(Cl)cc1Cl. The largest absolute Gasteiger partial charge is 0.497 e. The van der Waals surface area contributed by atoms with Crippen molar-refractivity contribution in [3.63, 3.8) is 0 Å². The van der Waals surface area contributed by atoms with Gasteiger partial charge >= 0.3 is 0 Å². The highest BCUT2D eigenvalue weighted by Gasteiger charge is 2.11. The minimum Gasteiger partial charge on any atom is -0.497 e. The van der Waals surface area contributed by atoms with Gasteiger partial charge in [-0.05, 0) is 36.8 Å². The van der Waals surface area contributed by atoms with Crippen LogP contribution in [0.15, 0.2) is 30.3 Å². The Balaban J connectivity index is 2.38. The molecule has 2 aromatic rings. The summed E-state index contributed by atoms with van der Waals surface area (Å²) in [4.78, 5) is 4.52. The molecule has 0 aliphatic carbocycles. The van der Waals surface area contributed by atoms with Crippen LogP contribution in [0, 0.1) is 0 Å². The van der Waals surface area contributed by atoms with Gasteiger partial charge in [-0.2, -0.15) is 0 Å². The zero-order chi connectivity index (χ0) is 14.5. The Kier molecular flexibility index (Phi) is 5.10. The number of anilines is 1. The molecule has 1 aromatic carbocycles. The predicted octanol–water partition coefficient (Wildman–Crippen LogP) is 4.89. The molecule has 0 unspecified atom stereocenters. The summed E-state index contributed by atoms with van der Waals surface area (Å²) in [6.07, 6.45) is 0.999. The van der Waals surface area contributed by atoms with Crippen LogP contribution in [-0.2, 0) is 0 Å². The monoisotopic (exact) mass is 310 g/mol. The fraction of sp³-hybridized carbons (Fsp3) is 0.267. The van der Waals surface area contributed by atoms with Gasteiger partial charge in [-0.15, -0.1) is 0 Å². The number of hydrogen-bond acceptors (Lipinski definition) is 3. The van der Waals surface area contributed by atoms with Crippen molar-refractivity contribution in [3.8, 4) is 17.0 Å². The van der Waals surface area contributed by atoms with E-state index in [2.05, 4.69) is 17.2 Å². The van der Waals surface area contributed by atoms with Gasteiger partial charge in [0.2, 0.25) is 0 Å². The van der Waals surface area contributed by atoms with Crippen LogP contribution in [-0.4, -0.2) is 18.6 Å². The molecule has 0 spiro atoms. The number of nitrogens with one attached hydrogen (secondary N) is 1. The quantitative estimate of drug-likeness (QED) is 0.854. The highest BCUT2D eigenvalue weighted by Crippen LogP contribution is 2.33. The minimum absolute atomic E-state index is 0.528. The number of pyridine rings is 1. The molecule has 5 heteroatoms. The fourth-order valence-corrected chi connectivity index (χ4v) is 2.32. The Hall–Kier alpha value is -1.45. The molecular formula is C15H16Cl2N2O. The topological polar surface area (TPSA) is 34.2 Å². The van der Waals surface area contributed by atoms with E-state index in [0.29, 0.717) is 21.6 Å². The van der Waals surface area contributed by atoms with E-state index in [-0.39, 0.29) is 0 Å². The maximum absolute atomic E-state index is 6.24. The summed E-state index contributed by atoms with van der Waals surface area (Å²) in [5.74, 6) is 1.45. The van der Waals surface area contributed by atoms with Gasteiger partial charge in [-0.25, -0.2) is 4.98 Å². The van der Waals surface area contributed by atoms with Crippen molar-refractivity contribution in [2.75, 3.05) is 19.0 Å². The zero-order valence-corrected chi connectivity index (χ0v) is 12.9. The molecule has 0 saturated heterocycles. The average molecular weight is 311 g/mol. The van der Waals surface area contributed by atoms with Crippen molar-refractivity contribution >= 4 is 29.0 Å². The average Bonchev–Trinajstić information content (AvgIpc) is 2.47. The number of aromatic nitrogens is 1. The van der Waals surface area contributed by atoms with E-state index in [1.54, 1.807) is 13.2 Å². The van der Waals surface area contributed by atoms with Crippen LogP contribution in [0.3, 0.4) is 0 Å². The lowest BCUT2D eigenvalue weighted by atomic mass is 10.1. The molecule has 0 bridgehead atoms. The summed E-state index contributed by atoms with van der Waals surface area (Å²) in [5.41, 5.74) is 1.63. The van der Waals surface area contributed by atoms with Crippen LogP contribution in [0.25, 0.3) is 11.3 Å². The van der Waals surface area contributed by atoms with Crippen molar-refractivity contribution in [2.24, 2.45) is 0 Å². The second-order valence-corrected chi connectivity index (χ2v) is 5.12. The third-order valence-corrected chi connectivity index (χ3v) is 3.41. The molecule has 0 amide bonds. The molecule has 20 heavy (non-hydrogen) atoms. The molecule has 1 N–H and O–H groups in total. The van der Waals surface area contributed by atoms with Crippen LogP contribution in [0.5, 0.6) is 5.75 Å². The summed E-state index contributed by atoms with van der Waals surface area (Å²) < 4.78 is 5.14. The lowest BCUT2D eigenvalue weighted by molar-refractivity contribution is 0.415. The van der Waals surface area contributed by atoms with Crippen LogP contribution >= 0.6 is 23.2 Å². The summed E-state index contributed by atoms with van der Waals surface area (Å²) in [5, 5.41) is 4.25. The smallest absolute Gasteiger partial charge is 0.145 e. The molecule has 0 radical (unpaired) electrons. The molecular weight excluding hydrogens is 295 g/mol. The van der Waals surface area contributed by atoms with Gasteiger partial charge in [0.05, 0.1) is 22.8 Å². The molecule has 0 aliphatic heterocycles. The standard InChI is InChI=1S/C15H16Cl2N2O/c1-3-8-18-15-13(17)9-12(16)14(19-15)10-4-6-11(20-2)7-5-10/h4-7,9H,3,8H2,1-2H3,(H,18,19). The lowest BCUT2D eigenvalue weighted by Gasteiger charge is -2.11. The Morgan fingerprint density at radius 1 is 1.15 bits per heavy atom. The summed E-state index contributed by atoms with van der Waals surface area (Å²) in [7, 11) is 1.63. The van der Waals surface area contributed by atoms with E-state index < -0.39 is 0 Å². The summed E-state index contributed by atoms with van der Waals surface area (Å²) in [6, 6.07) is 9.31. The van der Waals surface area contributed by atoms with Crippen molar-refractivity contribution < 1.29 is 4.74 Å². The number of benzene rings is 1. The number of rotatable bonds is 5. The van der Waals surface area contributed by atoms with Gasteiger partial charge in [0.1, 0.15) is 11.6 Å². The first-order chi connectivity index (χ1) is 9.65. The molecule has 3 nitrogen and oxygen atoms in total. The third-order valence-electron chi connectivity index (χ3n) is 2.84. The Morgan fingerprint density at radius 2 is 1.85 bits per heavy atom. The lowest BCUT2D eigenvalue weighted by Crippen LogP contribution is -2.03. The zero-order valence-electron chi connectivity index (χ0n) is 11.4. The minimum atomic E-state index is 0.528. The van der Waals surface area contributed by atoms with Crippen LogP contribution in [0.2, 0.25) is 10.0 Å². The normalized spacial score (nSPS) is 10.4. The van der Waals surface area contributed by atoms with E-state index in [4.69, 9.17) is 27.9 Å². The highest BCUT2D eigenvalue weighted by molar-refractivity contribution is 6.37. The predicted molar refractivity (Wildman–Crippen MR) is 85.0 cm³/mol. The van der Waals surface area contributed by atoms with Gasteiger partial charge in [-0.1, -0.05) is 30.1 Å². The second-order valence-electron chi connectivity index (χ2n) is 4.30. The van der Waals surface area contributed by atoms with E-state index in [9.17, 15) is 0 Å². The molecule has 0 atom stereocenters. The Morgan fingerprint density at radius 3 is 2.45 bits per heavy atom. The number of hydrogen-bond donors (Lipinski definition) is 1. The Labute approximate surface area is 128 Å². The highest BCUT2D eigenvalue weighted by atomic mass is 35.5. The van der Waals surface area contributed by atoms with Gasteiger partial charge in [0, 0.05) is 12.1 Å². The maximum atomic E-state index is 6.24. The van der Waals surface area contributed by atoms with E-state index in [0.717, 1.165) is 24.3 Å². The fourth-order valence-electron chi connectivity index (χ4n) is 1.79. The van der Waals surface area contributed by atoms with Crippen LogP contribution < -0.4 is 10.1 Å². The second kappa shape index (κ2) is 6.82. The molecule has 2 rings (SSSR count). The van der Waals surface area contributed by atoms with Gasteiger partial charge in [0.25, 0.3) is 0 Å². The van der Waals surface area contributed by atoms with E-state index >= 15 is 0 Å². The van der Waals surface area contributed by atoms with Crippen molar-refractivity contribution in [1.29, 1.82) is 0 Å². The van der Waals surface area contributed by atoms with Crippen molar-refractivity contribution in [3.05, 3.63) is 40.4 Å². The molecule has 0 saturated carbocycles. The molecule has 1 aromatic heterocycles. The first-order valence-corrected chi connectivity index (χ1v) is 7.15. The van der Waals surface area contributed by atoms with Gasteiger partial charge in [0.15, 0.2) is 0 Å². The van der Waals surface area contributed by atoms with Crippen molar-refractivity contribution in [2.45, 2.75) is 13.3 Å². The van der Waals surface area contributed by atoms with Crippen LogP contribution in [0.1, 0.15) is 13.3 Å². The molecule has 0 fully saturated rings. The first-order valence-electron chi connectivity index (χ1n) is 6.40. The summed E-state index contributed by atoms with van der Waals surface area (Å²) >= 11 is 12.4. The Bertz CT molecular complexity index is 585. The number of halogens is 2. The molecule has 1 heterocycles. The van der Waals surface area contributed by atoms with Gasteiger partial charge < -0.3 is 10.1 Å². The molecule has 0 aliphatic rings. The first kappa shape index (κ1) is 14.9. The number of nitrogens with zero attached hydrogens (tertiary/aromatic N) is 1.